The van der Waals surface area contributed by atoms with Gasteiger partial charge in [-0.1, -0.05) is 11.6 Å². The molecule has 2 heterocycles. The number of amides is 1. The van der Waals surface area contributed by atoms with Gasteiger partial charge in [0.2, 0.25) is 5.91 Å². The molecule has 0 aromatic carbocycles. The molecule has 2 aliphatic rings. The molecule has 3 rings (SSSR count). The van der Waals surface area contributed by atoms with Gasteiger partial charge in [-0.3, -0.25) is 14.4 Å². The van der Waals surface area contributed by atoms with Crippen molar-refractivity contribution in [3.8, 4) is 0 Å². The summed E-state index contributed by atoms with van der Waals surface area (Å²) in [4.78, 5) is 14.5. The van der Waals surface area contributed by atoms with Crippen LogP contribution in [0.2, 0.25) is 0 Å². The summed E-state index contributed by atoms with van der Waals surface area (Å²) in [5.74, 6) is 0.778. The zero-order valence-electron chi connectivity index (χ0n) is 14.1. The van der Waals surface area contributed by atoms with E-state index in [-0.39, 0.29) is 5.91 Å². The van der Waals surface area contributed by atoms with Crippen LogP contribution in [-0.2, 0) is 18.4 Å². The second kappa shape index (κ2) is 7.77. The van der Waals surface area contributed by atoms with Crippen LogP contribution in [0.4, 0.5) is 0 Å². The van der Waals surface area contributed by atoms with Gasteiger partial charge in [0.1, 0.15) is 0 Å². The van der Waals surface area contributed by atoms with E-state index in [0.717, 1.165) is 39.0 Å². The van der Waals surface area contributed by atoms with Crippen molar-refractivity contribution in [2.45, 2.75) is 45.1 Å². The summed E-state index contributed by atoms with van der Waals surface area (Å²) in [6.45, 7) is 3.96. The standard InChI is InChI=1S/C18H28N4O/c1-21-12-17(11-20-21)14-22-8-7-16(13-22)10-19-18(23)9-15-5-3-2-4-6-15/h5,11-12,16H,2-4,6-10,13-14H2,1H3,(H,19,23)/t16-/m1/s1. The molecule has 5 heteroatoms. The minimum absolute atomic E-state index is 0.198. The Morgan fingerprint density at radius 3 is 3.09 bits per heavy atom. The lowest BCUT2D eigenvalue weighted by atomic mass is 9.97. The van der Waals surface area contributed by atoms with Crippen molar-refractivity contribution in [2.75, 3.05) is 19.6 Å². The first-order valence-electron chi connectivity index (χ1n) is 8.83. The number of carbonyl (C=O) groups is 1. The van der Waals surface area contributed by atoms with Gasteiger partial charge in [-0.2, -0.15) is 5.10 Å². The quantitative estimate of drug-likeness (QED) is 0.819. The Hall–Kier alpha value is -1.62. The Labute approximate surface area is 138 Å². The van der Waals surface area contributed by atoms with E-state index in [1.807, 2.05) is 17.9 Å². The predicted octanol–water partition coefficient (Wildman–Crippen LogP) is 2.25. The zero-order chi connectivity index (χ0) is 16.1. The fourth-order valence-corrected chi connectivity index (χ4v) is 3.63. The summed E-state index contributed by atoms with van der Waals surface area (Å²) < 4.78 is 1.85. The molecule has 23 heavy (non-hydrogen) atoms. The van der Waals surface area contributed by atoms with Gasteiger partial charge in [0, 0.05) is 44.9 Å². The number of likely N-dealkylation sites (tertiary alicyclic amines) is 1. The Balaban J connectivity index is 1.36. The van der Waals surface area contributed by atoms with Crippen LogP contribution >= 0.6 is 0 Å². The van der Waals surface area contributed by atoms with E-state index >= 15 is 0 Å². The fourth-order valence-electron chi connectivity index (χ4n) is 3.63. The molecule has 1 aliphatic carbocycles. The van der Waals surface area contributed by atoms with Gasteiger partial charge in [-0.25, -0.2) is 0 Å². The molecule has 0 saturated carbocycles. The summed E-state index contributed by atoms with van der Waals surface area (Å²) in [5.41, 5.74) is 2.60. The van der Waals surface area contributed by atoms with Crippen molar-refractivity contribution in [2.24, 2.45) is 13.0 Å². The molecule has 0 radical (unpaired) electrons. The minimum atomic E-state index is 0.198. The van der Waals surface area contributed by atoms with Crippen molar-refractivity contribution in [3.05, 3.63) is 29.6 Å². The molecule has 126 valence electrons. The second-order valence-electron chi connectivity index (χ2n) is 7.00. The molecule has 0 spiro atoms. The van der Waals surface area contributed by atoms with Gasteiger partial charge in [0.25, 0.3) is 0 Å². The number of hydrogen-bond acceptors (Lipinski definition) is 3. The first kappa shape index (κ1) is 16.2. The van der Waals surface area contributed by atoms with E-state index in [9.17, 15) is 4.79 Å². The average Bonchev–Trinajstić information content (AvgIpc) is 3.16. The van der Waals surface area contributed by atoms with Crippen molar-refractivity contribution in [3.63, 3.8) is 0 Å². The number of nitrogens with zero attached hydrogens (tertiary/aromatic N) is 3. The Morgan fingerprint density at radius 2 is 2.35 bits per heavy atom. The van der Waals surface area contributed by atoms with Crippen molar-refractivity contribution < 1.29 is 4.79 Å². The second-order valence-corrected chi connectivity index (χ2v) is 7.00. The summed E-state index contributed by atoms with van der Waals surface area (Å²) in [7, 11) is 1.95. The summed E-state index contributed by atoms with van der Waals surface area (Å²) >= 11 is 0. The number of rotatable bonds is 6. The lowest BCUT2D eigenvalue weighted by Gasteiger charge is -2.16. The zero-order valence-corrected chi connectivity index (χ0v) is 14.1. The molecule has 1 saturated heterocycles. The van der Waals surface area contributed by atoms with Crippen LogP contribution in [0.25, 0.3) is 0 Å². The highest BCUT2D eigenvalue weighted by molar-refractivity contribution is 5.78. The van der Waals surface area contributed by atoms with Gasteiger partial charge >= 0.3 is 0 Å². The lowest BCUT2D eigenvalue weighted by Crippen LogP contribution is -2.31. The third-order valence-electron chi connectivity index (χ3n) is 4.90. The van der Waals surface area contributed by atoms with E-state index in [1.165, 1.54) is 30.4 Å². The monoisotopic (exact) mass is 316 g/mol. The van der Waals surface area contributed by atoms with E-state index < -0.39 is 0 Å². The number of nitrogens with one attached hydrogen (secondary N) is 1. The number of aryl methyl sites for hydroxylation is 1. The molecule has 1 atom stereocenters. The number of carbonyl (C=O) groups excluding carboxylic acids is 1. The van der Waals surface area contributed by atoms with Gasteiger partial charge < -0.3 is 5.32 Å². The Bertz CT molecular complexity index is 563. The largest absolute Gasteiger partial charge is 0.355 e. The van der Waals surface area contributed by atoms with Crippen molar-refractivity contribution >= 4 is 5.91 Å². The summed E-state index contributed by atoms with van der Waals surface area (Å²) in [5, 5.41) is 7.36. The normalized spacial score (nSPS) is 22.1. The van der Waals surface area contributed by atoms with E-state index in [1.54, 1.807) is 0 Å². The molecule has 1 amide bonds. The van der Waals surface area contributed by atoms with Crippen LogP contribution in [0.3, 0.4) is 0 Å². The Kier molecular flexibility index (Phi) is 5.49. The first-order valence-corrected chi connectivity index (χ1v) is 8.83. The maximum atomic E-state index is 12.1. The molecule has 1 aliphatic heterocycles. The highest BCUT2D eigenvalue weighted by atomic mass is 16.1. The molecule has 0 unspecified atom stereocenters. The summed E-state index contributed by atoms with van der Waals surface area (Å²) in [6, 6.07) is 0. The molecule has 1 N–H and O–H groups in total. The van der Waals surface area contributed by atoms with E-state index in [2.05, 4.69) is 27.6 Å². The maximum Gasteiger partial charge on any atom is 0.224 e. The van der Waals surface area contributed by atoms with Crippen LogP contribution in [0.1, 0.15) is 44.1 Å². The number of allylic oxidation sites excluding steroid dienone is 1. The molecular weight excluding hydrogens is 288 g/mol. The van der Waals surface area contributed by atoms with Crippen LogP contribution in [0.5, 0.6) is 0 Å². The van der Waals surface area contributed by atoms with Crippen LogP contribution < -0.4 is 5.32 Å². The molecular formula is C18H28N4O. The summed E-state index contributed by atoms with van der Waals surface area (Å²) in [6.07, 6.45) is 12.8. The van der Waals surface area contributed by atoms with Gasteiger partial charge in [-0.05, 0) is 44.6 Å². The molecule has 1 fully saturated rings. The highest BCUT2D eigenvalue weighted by Gasteiger charge is 2.23. The molecule has 0 bridgehead atoms. The molecule has 1 aromatic heterocycles. The van der Waals surface area contributed by atoms with E-state index in [4.69, 9.17) is 0 Å². The average molecular weight is 316 g/mol. The van der Waals surface area contributed by atoms with Gasteiger partial charge in [-0.15, -0.1) is 0 Å². The Morgan fingerprint density at radius 1 is 1.43 bits per heavy atom. The third-order valence-corrected chi connectivity index (χ3v) is 4.90. The van der Waals surface area contributed by atoms with Crippen LogP contribution in [0.15, 0.2) is 24.0 Å². The van der Waals surface area contributed by atoms with Gasteiger partial charge in [0.15, 0.2) is 0 Å². The van der Waals surface area contributed by atoms with Crippen LogP contribution in [0, 0.1) is 5.92 Å². The highest BCUT2D eigenvalue weighted by Crippen LogP contribution is 2.20. The minimum Gasteiger partial charge on any atom is -0.355 e. The SMILES string of the molecule is Cn1cc(CN2CC[C@H](CNC(=O)CC3=CCCCC3)C2)cn1. The lowest BCUT2D eigenvalue weighted by molar-refractivity contribution is -0.120. The van der Waals surface area contributed by atoms with E-state index in [0.29, 0.717) is 12.3 Å². The predicted molar refractivity (Wildman–Crippen MR) is 90.8 cm³/mol. The third kappa shape index (κ3) is 4.93. The topological polar surface area (TPSA) is 50.2 Å². The van der Waals surface area contributed by atoms with Gasteiger partial charge in [0.05, 0.1) is 6.20 Å². The maximum absolute atomic E-state index is 12.1. The fraction of sp³-hybridized carbons (Fsp3) is 0.667. The van der Waals surface area contributed by atoms with Crippen molar-refractivity contribution in [1.29, 1.82) is 0 Å². The number of aromatic nitrogens is 2. The van der Waals surface area contributed by atoms with Crippen molar-refractivity contribution in [1.82, 2.24) is 20.0 Å². The first-order chi connectivity index (χ1) is 11.2. The molecule has 1 aromatic rings. The number of hydrogen-bond donors (Lipinski definition) is 1. The molecule has 5 nitrogen and oxygen atoms in total. The van der Waals surface area contributed by atoms with Crippen LogP contribution in [-0.4, -0.2) is 40.2 Å². The smallest absolute Gasteiger partial charge is 0.224 e.